The summed E-state index contributed by atoms with van der Waals surface area (Å²) in [6.07, 6.45) is 0. The second-order valence-electron chi connectivity index (χ2n) is 16.7. The monoisotopic (exact) mass is 831 g/mol. The molecule has 13 rings (SSSR count). The van der Waals surface area contributed by atoms with Crippen LogP contribution in [-0.4, -0.2) is 15.0 Å². The molecule has 1 spiro atoms. The summed E-state index contributed by atoms with van der Waals surface area (Å²) in [4.78, 5) is 18.0. The summed E-state index contributed by atoms with van der Waals surface area (Å²) in [5.74, 6) is 0.712. The van der Waals surface area contributed by atoms with Gasteiger partial charge in [-0.3, -0.25) is 0 Å². The van der Waals surface area contributed by atoms with Gasteiger partial charge in [-0.05, 0) is 86.3 Å². The van der Waals surface area contributed by atoms with E-state index in [0.29, 0.717) is 5.82 Å². The van der Waals surface area contributed by atoms with Crippen LogP contribution in [0.3, 0.4) is 0 Å². The molecule has 3 nitrogen and oxygen atoms in total. The predicted molar refractivity (Wildman–Crippen MR) is 263 cm³/mol. The van der Waals surface area contributed by atoms with Crippen LogP contribution in [0.2, 0.25) is 0 Å². The van der Waals surface area contributed by atoms with Gasteiger partial charge in [-0.25, -0.2) is 15.0 Å². The van der Waals surface area contributed by atoms with Gasteiger partial charge in [0.2, 0.25) is 0 Å². The summed E-state index contributed by atoms with van der Waals surface area (Å²) in [6, 6.07) is 81.0. The van der Waals surface area contributed by atoms with Crippen molar-refractivity contribution in [1.82, 2.24) is 15.0 Å². The molecule has 3 heterocycles. The Labute approximate surface area is 375 Å². The normalized spacial score (nSPS) is 13.1. The molecule has 0 N–H and O–H groups in total. The van der Waals surface area contributed by atoms with Crippen LogP contribution >= 0.6 is 11.8 Å². The van der Waals surface area contributed by atoms with Crippen molar-refractivity contribution in [3.8, 4) is 67.4 Å². The van der Waals surface area contributed by atoms with E-state index in [9.17, 15) is 0 Å². The summed E-state index contributed by atoms with van der Waals surface area (Å²) in [5, 5.41) is 3.55. The van der Waals surface area contributed by atoms with Gasteiger partial charge in [0, 0.05) is 42.8 Å². The molecule has 11 aromatic rings. The molecule has 0 radical (unpaired) electrons. The molecule has 0 amide bonds. The van der Waals surface area contributed by atoms with Crippen LogP contribution in [0.4, 0.5) is 0 Å². The first-order valence-electron chi connectivity index (χ1n) is 21.8. The van der Waals surface area contributed by atoms with Crippen molar-refractivity contribution in [2.75, 3.05) is 0 Å². The highest BCUT2D eigenvalue weighted by Gasteiger charge is 2.50. The zero-order valence-corrected chi connectivity index (χ0v) is 35.4. The Hall–Kier alpha value is -7.92. The predicted octanol–water partition coefficient (Wildman–Crippen LogP) is 15.3. The average Bonchev–Trinajstić information content (AvgIpc) is 3.67. The Morgan fingerprint density at radius 3 is 1.53 bits per heavy atom. The Bertz CT molecular complexity index is 3520. The standard InChI is InChI=1S/C60H37N3S/c1-4-16-39(17-5-1)54-37-55(63-59(62-54)42-20-8-3-9-21-42)40-30-28-38(29-31-40)43-32-33-56-51(34-43)60(49-25-13-10-22-44(49)45-23-11-14-26-50(45)60)52-35-47-46-24-12-15-27-53(46)61-58(41-18-6-2-7-19-41)48(47)36-57(52)64-56/h1-37H. The summed E-state index contributed by atoms with van der Waals surface area (Å²) < 4.78 is 0. The molecular weight excluding hydrogens is 795 g/mol. The Morgan fingerprint density at radius 1 is 0.312 bits per heavy atom. The first-order chi connectivity index (χ1) is 31.7. The molecule has 298 valence electrons. The number of fused-ring (bicyclic) bond motifs is 12. The fourth-order valence-corrected chi connectivity index (χ4v) is 11.4. The Kier molecular flexibility index (Phi) is 8.37. The quantitative estimate of drug-likeness (QED) is 0.162. The molecule has 0 atom stereocenters. The number of rotatable bonds is 5. The van der Waals surface area contributed by atoms with E-state index in [1.165, 1.54) is 59.5 Å². The van der Waals surface area contributed by atoms with Gasteiger partial charge in [0.1, 0.15) is 0 Å². The van der Waals surface area contributed by atoms with Crippen LogP contribution in [0.5, 0.6) is 0 Å². The third-order valence-corrected chi connectivity index (χ3v) is 14.3. The Balaban J connectivity index is 1.00. The molecule has 0 saturated carbocycles. The first-order valence-corrected chi connectivity index (χ1v) is 22.6. The lowest BCUT2D eigenvalue weighted by Crippen LogP contribution is -2.32. The third kappa shape index (κ3) is 5.66. The van der Waals surface area contributed by atoms with Gasteiger partial charge in [0.15, 0.2) is 5.82 Å². The van der Waals surface area contributed by atoms with E-state index in [2.05, 4.69) is 200 Å². The second-order valence-corrected chi connectivity index (χ2v) is 17.7. The minimum atomic E-state index is -0.548. The molecule has 1 aliphatic carbocycles. The van der Waals surface area contributed by atoms with Crippen molar-refractivity contribution in [2.45, 2.75) is 15.2 Å². The number of pyridine rings is 1. The van der Waals surface area contributed by atoms with Gasteiger partial charge in [-0.15, -0.1) is 0 Å². The second kappa shape index (κ2) is 14.6. The molecule has 64 heavy (non-hydrogen) atoms. The number of aromatic nitrogens is 3. The number of nitrogens with zero attached hydrogens (tertiary/aromatic N) is 3. The van der Waals surface area contributed by atoms with Crippen LogP contribution in [0.15, 0.2) is 234 Å². The molecule has 1 aliphatic heterocycles. The zero-order chi connectivity index (χ0) is 42.2. The highest BCUT2D eigenvalue weighted by Crippen LogP contribution is 2.63. The first kappa shape index (κ1) is 36.7. The van der Waals surface area contributed by atoms with Crippen LogP contribution in [0, 0.1) is 0 Å². The van der Waals surface area contributed by atoms with Gasteiger partial charge in [0.25, 0.3) is 0 Å². The van der Waals surface area contributed by atoms with E-state index < -0.39 is 5.41 Å². The number of hydrogen-bond donors (Lipinski definition) is 0. The molecule has 0 bridgehead atoms. The van der Waals surface area contributed by atoms with E-state index in [0.717, 1.165) is 55.8 Å². The van der Waals surface area contributed by atoms with E-state index in [1.54, 1.807) is 0 Å². The number of benzene rings is 9. The van der Waals surface area contributed by atoms with E-state index in [-0.39, 0.29) is 0 Å². The largest absolute Gasteiger partial charge is 0.247 e. The summed E-state index contributed by atoms with van der Waals surface area (Å²) >= 11 is 1.88. The number of hydrogen-bond acceptors (Lipinski definition) is 4. The molecule has 2 aromatic heterocycles. The van der Waals surface area contributed by atoms with Crippen LogP contribution < -0.4 is 0 Å². The van der Waals surface area contributed by atoms with Crippen molar-refractivity contribution in [1.29, 1.82) is 0 Å². The van der Waals surface area contributed by atoms with Gasteiger partial charge >= 0.3 is 0 Å². The maximum Gasteiger partial charge on any atom is 0.160 e. The minimum Gasteiger partial charge on any atom is -0.247 e. The highest BCUT2D eigenvalue weighted by atomic mass is 32.2. The fraction of sp³-hybridized carbons (Fsp3) is 0.0167. The summed E-state index contributed by atoms with van der Waals surface area (Å²) in [5.41, 5.74) is 17.6. The maximum absolute atomic E-state index is 5.32. The fourth-order valence-electron chi connectivity index (χ4n) is 10.2. The topological polar surface area (TPSA) is 38.7 Å². The van der Waals surface area contributed by atoms with Gasteiger partial charge in [0.05, 0.1) is 28.0 Å². The van der Waals surface area contributed by atoms with Gasteiger partial charge in [-0.1, -0.05) is 200 Å². The average molecular weight is 832 g/mol. The zero-order valence-electron chi connectivity index (χ0n) is 34.6. The lowest BCUT2D eigenvalue weighted by Gasteiger charge is -2.40. The highest BCUT2D eigenvalue weighted by molar-refractivity contribution is 7.99. The Morgan fingerprint density at radius 2 is 0.844 bits per heavy atom. The molecule has 4 heteroatoms. The minimum absolute atomic E-state index is 0.548. The smallest absolute Gasteiger partial charge is 0.160 e. The molecule has 2 aliphatic rings. The molecule has 9 aromatic carbocycles. The van der Waals surface area contributed by atoms with Crippen molar-refractivity contribution >= 4 is 33.4 Å². The van der Waals surface area contributed by atoms with Crippen molar-refractivity contribution in [3.05, 3.63) is 247 Å². The van der Waals surface area contributed by atoms with Gasteiger partial charge in [-0.2, -0.15) is 0 Å². The SMILES string of the molecule is c1ccc(-c2cc(-c3ccc(-c4ccc5c(c4)C4(c6cc7c(cc6S5)c(-c5ccccc5)nc5ccccc57)c5ccccc5-c5ccccc54)cc3)nc(-c3ccccc3)n2)cc1. The molecule has 0 saturated heterocycles. The van der Waals surface area contributed by atoms with E-state index in [4.69, 9.17) is 15.0 Å². The van der Waals surface area contributed by atoms with Gasteiger partial charge < -0.3 is 0 Å². The van der Waals surface area contributed by atoms with Crippen LogP contribution in [-0.2, 0) is 5.41 Å². The third-order valence-electron chi connectivity index (χ3n) is 13.2. The van der Waals surface area contributed by atoms with Crippen LogP contribution in [0.1, 0.15) is 22.3 Å². The van der Waals surface area contributed by atoms with Crippen molar-refractivity contribution in [3.63, 3.8) is 0 Å². The lowest BCUT2D eigenvalue weighted by molar-refractivity contribution is 0.724. The molecule has 0 unspecified atom stereocenters. The number of para-hydroxylation sites is 1. The lowest BCUT2D eigenvalue weighted by atomic mass is 9.66. The van der Waals surface area contributed by atoms with Crippen molar-refractivity contribution < 1.29 is 0 Å². The summed E-state index contributed by atoms with van der Waals surface area (Å²) in [7, 11) is 0. The van der Waals surface area contributed by atoms with Crippen molar-refractivity contribution in [2.24, 2.45) is 0 Å². The van der Waals surface area contributed by atoms with E-state index in [1.807, 2.05) is 36.0 Å². The van der Waals surface area contributed by atoms with Crippen LogP contribution in [0.25, 0.3) is 89.1 Å². The van der Waals surface area contributed by atoms with E-state index >= 15 is 0 Å². The molecular formula is C60H37N3S. The molecule has 0 fully saturated rings. The maximum atomic E-state index is 5.32. The summed E-state index contributed by atoms with van der Waals surface area (Å²) in [6.45, 7) is 0.